The molecule has 20 heavy (non-hydrogen) atoms. The lowest BCUT2D eigenvalue weighted by molar-refractivity contribution is 0.0905. The van der Waals surface area contributed by atoms with Crippen LogP contribution < -0.4 is 14.8 Å². The van der Waals surface area contributed by atoms with Crippen LogP contribution in [-0.4, -0.2) is 37.9 Å². The van der Waals surface area contributed by atoms with Gasteiger partial charge >= 0.3 is 0 Å². The molecule has 0 spiro atoms. The fourth-order valence-electron chi connectivity index (χ4n) is 2.00. The molecule has 0 fully saturated rings. The van der Waals surface area contributed by atoms with E-state index in [0.717, 1.165) is 0 Å². The van der Waals surface area contributed by atoms with E-state index in [0.29, 0.717) is 29.4 Å². The van der Waals surface area contributed by atoms with E-state index in [1.165, 1.54) is 7.11 Å². The molecule has 0 aliphatic carbocycles. The third-order valence-electron chi connectivity index (χ3n) is 2.96. The van der Waals surface area contributed by atoms with Gasteiger partial charge < -0.3 is 19.9 Å². The van der Waals surface area contributed by atoms with E-state index in [-0.39, 0.29) is 18.6 Å². The second-order valence-corrected chi connectivity index (χ2v) is 5.05. The van der Waals surface area contributed by atoms with Gasteiger partial charge in [-0.1, -0.05) is 13.8 Å². The Morgan fingerprint density at radius 3 is 2.50 bits per heavy atom. The third kappa shape index (κ3) is 4.42. The van der Waals surface area contributed by atoms with Crippen LogP contribution in [0.15, 0.2) is 18.2 Å². The van der Waals surface area contributed by atoms with Gasteiger partial charge in [-0.2, -0.15) is 0 Å². The summed E-state index contributed by atoms with van der Waals surface area (Å²) in [5.74, 6) is 1.17. The van der Waals surface area contributed by atoms with E-state index in [9.17, 15) is 9.90 Å². The summed E-state index contributed by atoms with van der Waals surface area (Å²) < 4.78 is 10.3. The van der Waals surface area contributed by atoms with Gasteiger partial charge in [0.1, 0.15) is 11.5 Å². The number of carbonyl (C=O) groups is 1. The van der Waals surface area contributed by atoms with Gasteiger partial charge in [0, 0.05) is 0 Å². The number of carbonyl (C=O) groups excluding carboxylic acids is 1. The molecule has 0 aliphatic heterocycles. The fourth-order valence-corrected chi connectivity index (χ4v) is 2.00. The SMILES string of the molecule is COc1ccc(OC)c(C(=O)NC(CO)CC(C)C)c1. The van der Waals surface area contributed by atoms with Gasteiger partial charge in [0.2, 0.25) is 0 Å². The lowest BCUT2D eigenvalue weighted by Gasteiger charge is -2.19. The summed E-state index contributed by atoms with van der Waals surface area (Å²) in [5, 5.41) is 12.1. The van der Waals surface area contributed by atoms with Crippen molar-refractivity contribution in [3.05, 3.63) is 23.8 Å². The molecular formula is C15H23NO4. The third-order valence-corrected chi connectivity index (χ3v) is 2.96. The monoisotopic (exact) mass is 281 g/mol. The van der Waals surface area contributed by atoms with Crippen molar-refractivity contribution in [2.24, 2.45) is 5.92 Å². The molecule has 5 heteroatoms. The van der Waals surface area contributed by atoms with Gasteiger partial charge in [-0.05, 0) is 30.5 Å². The molecule has 1 unspecified atom stereocenters. The van der Waals surface area contributed by atoms with Crippen molar-refractivity contribution in [1.29, 1.82) is 0 Å². The fraction of sp³-hybridized carbons (Fsp3) is 0.533. The number of amides is 1. The Morgan fingerprint density at radius 2 is 2.00 bits per heavy atom. The molecule has 1 aromatic carbocycles. The predicted molar refractivity (Wildman–Crippen MR) is 77.3 cm³/mol. The summed E-state index contributed by atoms with van der Waals surface area (Å²) in [6.07, 6.45) is 0.717. The highest BCUT2D eigenvalue weighted by atomic mass is 16.5. The zero-order chi connectivity index (χ0) is 15.1. The zero-order valence-electron chi connectivity index (χ0n) is 12.5. The van der Waals surface area contributed by atoms with Gasteiger partial charge in [-0.3, -0.25) is 4.79 Å². The summed E-state index contributed by atoms with van der Waals surface area (Å²) in [6, 6.07) is 4.77. The average molecular weight is 281 g/mol. The molecule has 0 aliphatic rings. The van der Waals surface area contributed by atoms with Gasteiger partial charge in [-0.15, -0.1) is 0 Å². The van der Waals surface area contributed by atoms with Crippen molar-refractivity contribution < 1.29 is 19.4 Å². The smallest absolute Gasteiger partial charge is 0.255 e. The average Bonchev–Trinajstić information content (AvgIpc) is 2.45. The molecule has 0 bridgehead atoms. The van der Waals surface area contributed by atoms with Gasteiger partial charge in [0.05, 0.1) is 32.4 Å². The minimum absolute atomic E-state index is 0.0871. The highest BCUT2D eigenvalue weighted by Crippen LogP contribution is 2.24. The van der Waals surface area contributed by atoms with Crippen molar-refractivity contribution in [3.63, 3.8) is 0 Å². The molecule has 112 valence electrons. The highest BCUT2D eigenvalue weighted by Gasteiger charge is 2.18. The van der Waals surface area contributed by atoms with Crippen LogP contribution in [-0.2, 0) is 0 Å². The molecule has 2 N–H and O–H groups in total. The van der Waals surface area contributed by atoms with Crippen LogP contribution >= 0.6 is 0 Å². The molecule has 0 saturated carbocycles. The van der Waals surface area contributed by atoms with Crippen molar-refractivity contribution in [1.82, 2.24) is 5.32 Å². The zero-order valence-corrected chi connectivity index (χ0v) is 12.5. The van der Waals surface area contributed by atoms with E-state index in [1.807, 2.05) is 13.8 Å². The maximum absolute atomic E-state index is 12.3. The lowest BCUT2D eigenvalue weighted by Crippen LogP contribution is -2.38. The van der Waals surface area contributed by atoms with Crippen LogP contribution in [0.25, 0.3) is 0 Å². The second kappa shape index (κ2) is 7.75. The topological polar surface area (TPSA) is 67.8 Å². The Labute approximate surface area is 119 Å². The normalized spacial score (nSPS) is 12.1. The first-order chi connectivity index (χ1) is 9.51. The van der Waals surface area contributed by atoms with Crippen LogP contribution in [0.3, 0.4) is 0 Å². The molecular weight excluding hydrogens is 258 g/mol. The summed E-state index contributed by atoms with van der Waals surface area (Å²) >= 11 is 0. The molecule has 5 nitrogen and oxygen atoms in total. The Morgan fingerprint density at radius 1 is 1.30 bits per heavy atom. The number of hydrogen-bond acceptors (Lipinski definition) is 4. The molecule has 1 atom stereocenters. The summed E-state index contributed by atoms with van der Waals surface area (Å²) in [4.78, 5) is 12.3. The van der Waals surface area contributed by atoms with Crippen LogP contribution in [0.1, 0.15) is 30.6 Å². The van der Waals surface area contributed by atoms with E-state index in [4.69, 9.17) is 9.47 Å². The number of ether oxygens (including phenoxy) is 2. The minimum Gasteiger partial charge on any atom is -0.497 e. The number of benzene rings is 1. The van der Waals surface area contributed by atoms with Crippen molar-refractivity contribution >= 4 is 5.91 Å². The van der Waals surface area contributed by atoms with Crippen molar-refractivity contribution in [2.45, 2.75) is 26.3 Å². The number of hydrogen-bond donors (Lipinski definition) is 2. The maximum atomic E-state index is 12.3. The summed E-state index contributed by atoms with van der Waals surface area (Å²) in [5.41, 5.74) is 0.397. The summed E-state index contributed by atoms with van der Waals surface area (Å²) in [7, 11) is 3.05. The predicted octanol–water partition coefficient (Wildman–Crippen LogP) is 1.84. The standard InChI is InChI=1S/C15H23NO4/c1-10(2)7-11(9-17)16-15(18)13-8-12(19-3)5-6-14(13)20-4/h5-6,8,10-11,17H,7,9H2,1-4H3,(H,16,18). The first-order valence-corrected chi connectivity index (χ1v) is 6.65. The Kier molecular flexibility index (Phi) is 6.31. The molecule has 1 aromatic rings. The molecule has 0 heterocycles. The van der Waals surface area contributed by atoms with Crippen molar-refractivity contribution in [3.8, 4) is 11.5 Å². The van der Waals surface area contributed by atoms with Crippen LogP contribution in [0, 0.1) is 5.92 Å². The minimum atomic E-state index is -0.277. The van der Waals surface area contributed by atoms with Crippen LogP contribution in [0.2, 0.25) is 0 Å². The van der Waals surface area contributed by atoms with Gasteiger partial charge in [-0.25, -0.2) is 0 Å². The molecule has 1 rings (SSSR count). The van der Waals surface area contributed by atoms with E-state index >= 15 is 0 Å². The van der Waals surface area contributed by atoms with Crippen molar-refractivity contribution in [2.75, 3.05) is 20.8 Å². The Hall–Kier alpha value is -1.75. The molecule has 0 saturated heterocycles. The highest BCUT2D eigenvalue weighted by molar-refractivity contribution is 5.97. The van der Waals surface area contributed by atoms with Gasteiger partial charge in [0.15, 0.2) is 0 Å². The molecule has 0 radical (unpaired) electrons. The lowest BCUT2D eigenvalue weighted by atomic mass is 10.0. The summed E-state index contributed by atoms with van der Waals surface area (Å²) in [6.45, 7) is 4.00. The molecule has 0 aromatic heterocycles. The second-order valence-electron chi connectivity index (χ2n) is 5.05. The van der Waals surface area contributed by atoms with Crippen LogP contribution in [0.4, 0.5) is 0 Å². The van der Waals surface area contributed by atoms with E-state index in [2.05, 4.69) is 5.32 Å². The molecule has 1 amide bonds. The first-order valence-electron chi connectivity index (χ1n) is 6.65. The van der Waals surface area contributed by atoms with Gasteiger partial charge in [0.25, 0.3) is 5.91 Å². The quantitative estimate of drug-likeness (QED) is 0.800. The number of aliphatic hydroxyl groups is 1. The number of nitrogens with one attached hydrogen (secondary N) is 1. The number of aliphatic hydroxyl groups excluding tert-OH is 1. The van der Waals surface area contributed by atoms with Crippen LogP contribution in [0.5, 0.6) is 11.5 Å². The maximum Gasteiger partial charge on any atom is 0.255 e. The Balaban J connectivity index is 2.89. The number of rotatable bonds is 7. The number of methoxy groups -OCH3 is 2. The Bertz CT molecular complexity index is 445. The largest absolute Gasteiger partial charge is 0.497 e. The van der Waals surface area contributed by atoms with E-state index in [1.54, 1.807) is 25.3 Å². The van der Waals surface area contributed by atoms with E-state index < -0.39 is 0 Å². The first kappa shape index (κ1) is 16.3.